The Morgan fingerprint density at radius 2 is 1.58 bits per heavy atom. The van der Waals surface area contributed by atoms with Crippen LogP contribution in [0.5, 0.6) is 5.75 Å². The number of fused-ring (bicyclic) bond motifs is 1. The molecule has 0 aliphatic carbocycles. The van der Waals surface area contributed by atoms with Gasteiger partial charge in [-0.25, -0.2) is 0 Å². The fourth-order valence-corrected chi connectivity index (χ4v) is 3.87. The first-order valence-electron chi connectivity index (χ1n) is 8.81. The van der Waals surface area contributed by atoms with Gasteiger partial charge in [-0.05, 0) is 42.3 Å². The first kappa shape index (κ1) is 15.3. The summed E-state index contributed by atoms with van der Waals surface area (Å²) >= 11 is 0. The fourth-order valence-electron chi connectivity index (χ4n) is 3.87. The topological polar surface area (TPSA) is 27.7 Å². The van der Waals surface area contributed by atoms with Gasteiger partial charge in [-0.3, -0.25) is 0 Å². The highest BCUT2D eigenvalue weighted by Crippen LogP contribution is 2.31. The van der Waals surface area contributed by atoms with Crippen LogP contribution in [-0.2, 0) is 13.0 Å². The summed E-state index contributed by atoms with van der Waals surface area (Å²) in [7, 11) is 1.75. The van der Waals surface area contributed by atoms with Crippen molar-refractivity contribution >= 4 is 11.4 Å². The number of rotatable bonds is 3. The molecule has 0 unspecified atom stereocenters. The highest BCUT2D eigenvalue weighted by Gasteiger charge is 2.22. The minimum absolute atomic E-state index is 0.965. The summed E-state index contributed by atoms with van der Waals surface area (Å²) in [4.78, 5) is 4.97. The Kier molecular flexibility index (Phi) is 4.30. The number of ether oxygens (including phenoxy) is 1. The number of benzene rings is 2. The summed E-state index contributed by atoms with van der Waals surface area (Å²) in [5, 5.41) is 3.52. The number of hydrogen-bond acceptors (Lipinski definition) is 4. The molecule has 4 heteroatoms. The van der Waals surface area contributed by atoms with Crippen LogP contribution in [0, 0.1) is 0 Å². The van der Waals surface area contributed by atoms with Gasteiger partial charge in [0.1, 0.15) is 5.75 Å². The number of piperazine rings is 1. The zero-order chi connectivity index (χ0) is 16.4. The number of nitrogens with zero attached hydrogens (tertiary/aromatic N) is 2. The third-order valence-electron chi connectivity index (χ3n) is 5.17. The monoisotopic (exact) mass is 323 g/mol. The van der Waals surface area contributed by atoms with Gasteiger partial charge in [0.05, 0.1) is 12.8 Å². The van der Waals surface area contributed by atoms with E-state index in [0.29, 0.717) is 0 Å². The van der Waals surface area contributed by atoms with E-state index in [1.54, 1.807) is 7.11 Å². The predicted octanol–water partition coefficient (Wildman–Crippen LogP) is 2.67. The van der Waals surface area contributed by atoms with E-state index in [0.717, 1.165) is 51.4 Å². The Hall–Kier alpha value is -2.20. The van der Waals surface area contributed by atoms with Crippen LogP contribution < -0.4 is 19.9 Å². The normalized spacial score (nSPS) is 17.5. The van der Waals surface area contributed by atoms with Crippen molar-refractivity contribution in [2.75, 3.05) is 49.6 Å². The van der Waals surface area contributed by atoms with Gasteiger partial charge < -0.3 is 19.9 Å². The molecule has 1 fully saturated rings. The summed E-state index contributed by atoms with van der Waals surface area (Å²) in [5.74, 6) is 0.965. The van der Waals surface area contributed by atoms with Gasteiger partial charge in [0, 0.05) is 38.4 Å². The Morgan fingerprint density at radius 1 is 0.875 bits per heavy atom. The molecule has 0 spiro atoms. The lowest BCUT2D eigenvalue weighted by atomic mass is 9.98. The first-order chi connectivity index (χ1) is 11.9. The Labute approximate surface area is 144 Å². The first-order valence-corrected chi connectivity index (χ1v) is 8.81. The van der Waals surface area contributed by atoms with Crippen molar-refractivity contribution < 1.29 is 4.74 Å². The summed E-state index contributed by atoms with van der Waals surface area (Å²) in [6.45, 7) is 6.24. The smallest absolute Gasteiger partial charge is 0.142 e. The molecule has 0 aromatic heterocycles. The largest absolute Gasteiger partial charge is 0.495 e. The minimum atomic E-state index is 0.965. The third kappa shape index (κ3) is 2.82. The molecule has 24 heavy (non-hydrogen) atoms. The molecule has 0 atom stereocenters. The molecule has 4 rings (SSSR count). The summed E-state index contributed by atoms with van der Waals surface area (Å²) < 4.78 is 5.52. The van der Waals surface area contributed by atoms with Gasteiger partial charge in [0.25, 0.3) is 0 Å². The van der Waals surface area contributed by atoms with Crippen LogP contribution in [0.1, 0.15) is 11.1 Å². The number of anilines is 2. The lowest BCUT2D eigenvalue weighted by Gasteiger charge is -2.39. The third-order valence-corrected chi connectivity index (χ3v) is 5.17. The lowest BCUT2D eigenvalue weighted by molar-refractivity contribution is 0.413. The van der Waals surface area contributed by atoms with E-state index in [1.807, 2.05) is 12.1 Å². The van der Waals surface area contributed by atoms with Crippen LogP contribution in [0.4, 0.5) is 11.4 Å². The van der Waals surface area contributed by atoms with Crippen LogP contribution in [0.3, 0.4) is 0 Å². The van der Waals surface area contributed by atoms with E-state index in [4.69, 9.17) is 4.74 Å². The molecule has 0 bridgehead atoms. The molecule has 4 nitrogen and oxygen atoms in total. The van der Waals surface area contributed by atoms with Crippen LogP contribution in [0.15, 0.2) is 42.5 Å². The summed E-state index contributed by atoms with van der Waals surface area (Å²) in [6.07, 6.45) is 1.14. The maximum Gasteiger partial charge on any atom is 0.142 e. The van der Waals surface area contributed by atoms with E-state index in [2.05, 4.69) is 45.4 Å². The van der Waals surface area contributed by atoms with Crippen molar-refractivity contribution in [3.8, 4) is 5.75 Å². The van der Waals surface area contributed by atoms with E-state index in [1.165, 1.54) is 22.5 Å². The molecule has 0 radical (unpaired) electrons. The molecule has 2 aromatic carbocycles. The van der Waals surface area contributed by atoms with E-state index >= 15 is 0 Å². The maximum atomic E-state index is 5.52. The molecule has 2 aliphatic rings. The molecule has 2 aromatic rings. The van der Waals surface area contributed by atoms with Gasteiger partial charge in [-0.1, -0.05) is 24.3 Å². The highest BCUT2D eigenvalue weighted by atomic mass is 16.5. The average molecular weight is 323 g/mol. The predicted molar refractivity (Wildman–Crippen MR) is 99.3 cm³/mol. The van der Waals surface area contributed by atoms with Crippen molar-refractivity contribution in [3.05, 3.63) is 53.6 Å². The van der Waals surface area contributed by atoms with Crippen molar-refractivity contribution in [1.29, 1.82) is 0 Å². The minimum Gasteiger partial charge on any atom is -0.495 e. The van der Waals surface area contributed by atoms with E-state index in [9.17, 15) is 0 Å². The summed E-state index contributed by atoms with van der Waals surface area (Å²) in [5.41, 5.74) is 5.63. The second-order valence-electron chi connectivity index (χ2n) is 6.49. The van der Waals surface area contributed by atoms with Gasteiger partial charge in [-0.15, -0.1) is 0 Å². The molecule has 1 N–H and O–H groups in total. The molecule has 0 amide bonds. The average Bonchev–Trinajstić information content (AvgIpc) is 2.67. The van der Waals surface area contributed by atoms with Gasteiger partial charge in [0.15, 0.2) is 0 Å². The fraction of sp³-hybridized carbons (Fsp3) is 0.400. The van der Waals surface area contributed by atoms with E-state index in [-0.39, 0.29) is 0 Å². The van der Waals surface area contributed by atoms with Crippen LogP contribution >= 0.6 is 0 Å². The molecule has 2 aliphatic heterocycles. The van der Waals surface area contributed by atoms with Gasteiger partial charge in [-0.2, -0.15) is 0 Å². The van der Waals surface area contributed by atoms with Crippen LogP contribution in [0.25, 0.3) is 0 Å². The molecular formula is C20H25N3O. The molecular weight excluding hydrogens is 298 g/mol. The SMILES string of the molecule is COc1ccccc1N1CCN(c2cccc3c2CNCC3)CC1. The Balaban J connectivity index is 1.51. The van der Waals surface area contributed by atoms with Crippen LogP contribution in [0.2, 0.25) is 0 Å². The number of hydrogen-bond donors (Lipinski definition) is 1. The number of methoxy groups -OCH3 is 1. The Bertz CT molecular complexity index is 708. The zero-order valence-corrected chi connectivity index (χ0v) is 14.3. The molecule has 1 saturated heterocycles. The summed E-state index contributed by atoms with van der Waals surface area (Å²) in [6, 6.07) is 15.1. The standard InChI is InChI=1S/C20H25N3O/c1-24-20-8-3-2-6-19(20)23-13-11-22(12-14-23)18-7-4-5-16-9-10-21-15-17(16)18/h2-8,21H,9-15H2,1H3. The van der Waals surface area contributed by atoms with Crippen LogP contribution in [-0.4, -0.2) is 39.8 Å². The van der Waals surface area contributed by atoms with Crippen molar-refractivity contribution in [3.63, 3.8) is 0 Å². The lowest BCUT2D eigenvalue weighted by Crippen LogP contribution is -2.47. The van der Waals surface area contributed by atoms with Crippen molar-refractivity contribution in [1.82, 2.24) is 5.32 Å². The van der Waals surface area contributed by atoms with Gasteiger partial charge in [0.2, 0.25) is 0 Å². The second kappa shape index (κ2) is 6.73. The van der Waals surface area contributed by atoms with Crippen molar-refractivity contribution in [2.45, 2.75) is 13.0 Å². The highest BCUT2D eigenvalue weighted by molar-refractivity contribution is 5.62. The molecule has 126 valence electrons. The van der Waals surface area contributed by atoms with Crippen molar-refractivity contribution in [2.24, 2.45) is 0 Å². The zero-order valence-electron chi connectivity index (χ0n) is 14.3. The molecule has 2 heterocycles. The quantitative estimate of drug-likeness (QED) is 0.940. The molecule has 0 saturated carbocycles. The van der Waals surface area contributed by atoms with E-state index < -0.39 is 0 Å². The maximum absolute atomic E-state index is 5.52. The Morgan fingerprint density at radius 3 is 2.38 bits per heavy atom. The number of para-hydroxylation sites is 2. The second-order valence-corrected chi connectivity index (χ2v) is 6.49. The number of nitrogens with one attached hydrogen (secondary N) is 1. The van der Waals surface area contributed by atoms with Gasteiger partial charge >= 0.3 is 0 Å².